The molecule has 0 fully saturated rings. The average molecular weight is 423 g/mol. The third-order valence-electron chi connectivity index (χ3n) is 4.43. The van der Waals surface area contributed by atoms with E-state index in [2.05, 4.69) is 5.32 Å². The van der Waals surface area contributed by atoms with Crippen LogP contribution in [0.3, 0.4) is 0 Å². The summed E-state index contributed by atoms with van der Waals surface area (Å²) in [5.74, 6) is -1.31. The molecule has 0 aliphatic carbocycles. The molecule has 0 saturated heterocycles. The highest BCUT2D eigenvalue weighted by molar-refractivity contribution is 7.07. The molecule has 2 aromatic carbocycles. The highest BCUT2D eigenvalue weighted by Crippen LogP contribution is 2.18. The molecular formula is C23H22N2O4S. The molecule has 7 heteroatoms. The van der Waals surface area contributed by atoms with E-state index in [1.807, 2.05) is 29.8 Å². The first-order valence-electron chi connectivity index (χ1n) is 9.33. The summed E-state index contributed by atoms with van der Waals surface area (Å²) >= 11 is 1.56. The predicted molar refractivity (Wildman–Crippen MR) is 117 cm³/mol. The molecule has 0 radical (unpaired) electrons. The molecule has 1 heterocycles. The van der Waals surface area contributed by atoms with Crippen molar-refractivity contribution in [1.29, 1.82) is 0 Å². The van der Waals surface area contributed by atoms with E-state index in [0.717, 1.165) is 11.1 Å². The summed E-state index contributed by atoms with van der Waals surface area (Å²) < 4.78 is 5.20. The number of carbonyl (C=O) groups excluding carboxylic acids is 3. The molecule has 1 aromatic heterocycles. The molecule has 6 nitrogen and oxygen atoms in total. The van der Waals surface area contributed by atoms with Crippen molar-refractivity contribution in [2.75, 3.05) is 19.0 Å². The number of amides is 2. The molecule has 1 N–H and O–H groups in total. The largest absolute Gasteiger partial charge is 0.452 e. The summed E-state index contributed by atoms with van der Waals surface area (Å²) in [7, 11) is 1.66. The number of nitrogens with one attached hydrogen (secondary N) is 1. The van der Waals surface area contributed by atoms with Crippen LogP contribution in [0.1, 0.15) is 31.8 Å². The summed E-state index contributed by atoms with van der Waals surface area (Å²) in [6, 6.07) is 15.6. The molecule has 0 spiro atoms. The molecule has 0 unspecified atom stereocenters. The lowest BCUT2D eigenvalue weighted by Crippen LogP contribution is -2.30. The van der Waals surface area contributed by atoms with Crippen molar-refractivity contribution in [2.45, 2.75) is 13.5 Å². The van der Waals surface area contributed by atoms with Gasteiger partial charge >= 0.3 is 5.97 Å². The maximum Gasteiger partial charge on any atom is 0.340 e. The smallest absolute Gasteiger partial charge is 0.340 e. The van der Waals surface area contributed by atoms with Gasteiger partial charge < -0.3 is 15.0 Å². The van der Waals surface area contributed by atoms with Crippen LogP contribution in [0, 0.1) is 6.92 Å². The van der Waals surface area contributed by atoms with Crippen molar-refractivity contribution in [3.8, 4) is 0 Å². The second-order valence-electron chi connectivity index (χ2n) is 6.83. The second-order valence-corrected chi connectivity index (χ2v) is 7.61. The van der Waals surface area contributed by atoms with Gasteiger partial charge in [-0.2, -0.15) is 11.3 Å². The number of thiophene rings is 1. The maximum atomic E-state index is 12.5. The summed E-state index contributed by atoms with van der Waals surface area (Å²) in [6.45, 7) is 1.97. The van der Waals surface area contributed by atoms with Crippen molar-refractivity contribution in [3.63, 3.8) is 0 Å². The SMILES string of the molecule is Cc1cccc(C(=O)Nc2ccccc2C(=O)OCC(=O)N(C)Cc2ccsc2)c1. The number of para-hydroxylation sites is 1. The maximum absolute atomic E-state index is 12.5. The van der Waals surface area contributed by atoms with Crippen LogP contribution < -0.4 is 5.32 Å². The summed E-state index contributed by atoms with van der Waals surface area (Å²) in [5, 5.41) is 6.64. The Morgan fingerprint density at radius 1 is 1.07 bits per heavy atom. The number of benzene rings is 2. The zero-order chi connectivity index (χ0) is 21.5. The van der Waals surface area contributed by atoms with Crippen LogP contribution in [0.5, 0.6) is 0 Å². The van der Waals surface area contributed by atoms with Gasteiger partial charge in [0, 0.05) is 19.2 Å². The van der Waals surface area contributed by atoms with Crippen LogP contribution in [0.2, 0.25) is 0 Å². The van der Waals surface area contributed by atoms with Gasteiger partial charge in [-0.1, -0.05) is 29.8 Å². The predicted octanol–water partition coefficient (Wildman–Crippen LogP) is 4.12. The van der Waals surface area contributed by atoms with Crippen molar-refractivity contribution in [1.82, 2.24) is 4.90 Å². The van der Waals surface area contributed by atoms with E-state index in [1.165, 1.54) is 4.90 Å². The second kappa shape index (κ2) is 9.84. The minimum atomic E-state index is -0.674. The highest BCUT2D eigenvalue weighted by Gasteiger charge is 2.18. The fourth-order valence-corrected chi connectivity index (χ4v) is 3.47. The quantitative estimate of drug-likeness (QED) is 0.581. The Labute approximate surface area is 179 Å². The number of ether oxygens (including phenoxy) is 1. The van der Waals surface area contributed by atoms with Gasteiger partial charge in [-0.25, -0.2) is 4.79 Å². The Kier molecular flexibility index (Phi) is 6.98. The number of esters is 1. The van der Waals surface area contributed by atoms with Crippen molar-refractivity contribution >= 4 is 34.8 Å². The Morgan fingerprint density at radius 2 is 1.87 bits per heavy atom. The molecule has 0 atom stereocenters. The van der Waals surface area contributed by atoms with Crippen LogP contribution in [0.15, 0.2) is 65.4 Å². The van der Waals surface area contributed by atoms with E-state index in [9.17, 15) is 14.4 Å². The third kappa shape index (κ3) is 5.55. The lowest BCUT2D eigenvalue weighted by molar-refractivity contribution is -0.133. The lowest BCUT2D eigenvalue weighted by atomic mass is 10.1. The standard InChI is InChI=1S/C23H22N2O4S/c1-16-6-5-7-18(12-16)22(27)24-20-9-4-3-8-19(20)23(28)29-14-21(26)25(2)13-17-10-11-30-15-17/h3-12,15H,13-14H2,1-2H3,(H,24,27). The van der Waals surface area contributed by atoms with Crippen LogP contribution >= 0.6 is 11.3 Å². The molecule has 0 bridgehead atoms. The number of likely N-dealkylation sites (N-methyl/N-ethyl adjacent to an activating group) is 1. The molecule has 154 valence electrons. The molecule has 3 rings (SSSR count). The molecule has 0 aliphatic heterocycles. The van der Waals surface area contributed by atoms with E-state index in [0.29, 0.717) is 17.8 Å². The first kappa shape index (κ1) is 21.3. The normalized spacial score (nSPS) is 10.3. The van der Waals surface area contributed by atoms with Gasteiger partial charge in [0.1, 0.15) is 0 Å². The number of carbonyl (C=O) groups is 3. The van der Waals surface area contributed by atoms with E-state index < -0.39 is 5.97 Å². The van der Waals surface area contributed by atoms with E-state index >= 15 is 0 Å². The van der Waals surface area contributed by atoms with Crippen LogP contribution in [0.25, 0.3) is 0 Å². The number of nitrogens with zero attached hydrogens (tertiary/aromatic N) is 1. The monoisotopic (exact) mass is 422 g/mol. The van der Waals surface area contributed by atoms with Gasteiger partial charge in [0.05, 0.1) is 11.3 Å². The van der Waals surface area contributed by atoms with E-state index in [1.54, 1.807) is 60.8 Å². The first-order valence-corrected chi connectivity index (χ1v) is 10.3. The molecule has 2 amide bonds. The fraction of sp³-hybridized carbons (Fsp3) is 0.174. The van der Waals surface area contributed by atoms with Gasteiger partial charge in [-0.15, -0.1) is 0 Å². The van der Waals surface area contributed by atoms with Crippen LogP contribution in [-0.4, -0.2) is 36.3 Å². The summed E-state index contributed by atoms with van der Waals surface area (Å²) in [5.41, 5.74) is 2.98. The third-order valence-corrected chi connectivity index (χ3v) is 5.16. The zero-order valence-corrected chi connectivity index (χ0v) is 17.6. The fourth-order valence-electron chi connectivity index (χ4n) is 2.81. The van der Waals surface area contributed by atoms with Crippen molar-refractivity contribution in [3.05, 3.63) is 87.6 Å². The number of hydrogen-bond donors (Lipinski definition) is 1. The van der Waals surface area contributed by atoms with E-state index in [-0.39, 0.29) is 24.0 Å². The van der Waals surface area contributed by atoms with Crippen LogP contribution in [0.4, 0.5) is 5.69 Å². The highest BCUT2D eigenvalue weighted by atomic mass is 32.1. The van der Waals surface area contributed by atoms with E-state index in [4.69, 9.17) is 4.74 Å². The average Bonchev–Trinajstić information content (AvgIpc) is 3.25. The summed E-state index contributed by atoms with van der Waals surface area (Å²) in [6.07, 6.45) is 0. The van der Waals surface area contributed by atoms with Gasteiger partial charge in [0.25, 0.3) is 11.8 Å². The lowest BCUT2D eigenvalue weighted by Gasteiger charge is -2.17. The number of rotatable bonds is 7. The van der Waals surface area contributed by atoms with Gasteiger partial charge in [0.2, 0.25) is 0 Å². The Balaban J connectivity index is 1.62. The molecule has 0 aliphatic rings. The minimum Gasteiger partial charge on any atom is -0.452 e. The summed E-state index contributed by atoms with van der Waals surface area (Å²) in [4.78, 5) is 38.8. The number of anilines is 1. The first-order chi connectivity index (χ1) is 14.4. The van der Waals surface area contributed by atoms with Crippen molar-refractivity contribution < 1.29 is 19.1 Å². The number of aryl methyl sites for hydroxylation is 1. The molecule has 3 aromatic rings. The molecular weight excluding hydrogens is 400 g/mol. The zero-order valence-electron chi connectivity index (χ0n) is 16.8. The van der Waals surface area contributed by atoms with Crippen molar-refractivity contribution in [2.24, 2.45) is 0 Å². The van der Waals surface area contributed by atoms with Gasteiger partial charge in [-0.05, 0) is 53.6 Å². The molecule has 30 heavy (non-hydrogen) atoms. The number of hydrogen-bond acceptors (Lipinski definition) is 5. The Morgan fingerprint density at radius 3 is 2.60 bits per heavy atom. The minimum absolute atomic E-state index is 0.187. The topological polar surface area (TPSA) is 75.7 Å². The Hall–Kier alpha value is -3.45. The Bertz CT molecular complexity index is 1050. The van der Waals surface area contributed by atoms with Crippen LogP contribution in [-0.2, 0) is 16.1 Å². The van der Waals surface area contributed by atoms with Gasteiger partial charge in [0.15, 0.2) is 6.61 Å². The molecule has 0 saturated carbocycles. The van der Waals surface area contributed by atoms with Gasteiger partial charge in [-0.3, -0.25) is 9.59 Å².